The fourth-order valence-corrected chi connectivity index (χ4v) is 3.51. The first kappa shape index (κ1) is 16.8. The molecule has 1 saturated carbocycles. The molecule has 4 heteroatoms. The summed E-state index contributed by atoms with van der Waals surface area (Å²) in [6, 6.07) is 0.338. The maximum atomic E-state index is 12.2. The summed E-state index contributed by atoms with van der Waals surface area (Å²) in [5, 5.41) is 6.61. The van der Waals surface area contributed by atoms with Crippen molar-refractivity contribution in [2.45, 2.75) is 70.9 Å². The Morgan fingerprint density at radius 3 is 2.43 bits per heavy atom. The van der Waals surface area contributed by atoms with Gasteiger partial charge in [0.2, 0.25) is 5.91 Å². The number of amides is 1. The van der Waals surface area contributed by atoms with Crippen molar-refractivity contribution >= 4 is 5.91 Å². The van der Waals surface area contributed by atoms with E-state index < -0.39 is 0 Å². The second-order valence-electron chi connectivity index (χ2n) is 7.09. The van der Waals surface area contributed by atoms with Crippen molar-refractivity contribution in [1.29, 1.82) is 0 Å². The third kappa shape index (κ3) is 5.95. The van der Waals surface area contributed by atoms with Gasteiger partial charge in [-0.1, -0.05) is 26.2 Å². The lowest BCUT2D eigenvalue weighted by atomic mass is 9.95. The van der Waals surface area contributed by atoms with Crippen LogP contribution in [-0.4, -0.2) is 49.1 Å². The third-order valence-electron chi connectivity index (χ3n) is 4.89. The molecule has 2 fully saturated rings. The molecule has 2 rings (SSSR count). The molecule has 4 nitrogen and oxygen atoms in total. The Hall–Kier alpha value is -0.610. The minimum Gasteiger partial charge on any atom is -0.352 e. The molecule has 0 bridgehead atoms. The lowest BCUT2D eigenvalue weighted by Gasteiger charge is -2.26. The molecule has 2 atom stereocenters. The smallest absolute Gasteiger partial charge is 0.237 e. The first-order valence-electron chi connectivity index (χ1n) is 8.91. The first-order chi connectivity index (χ1) is 10.1. The van der Waals surface area contributed by atoms with Crippen molar-refractivity contribution in [1.82, 2.24) is 15.5 Å². The molecule has 2 aliphatic rings. The molecular weight excluding hydrogens is 262 g/mol. The molecule has 2 unspecified atom stereocenters. The molecule has 2 N–H and O–H groups in total. The van der Waals surface area contributed by atoms with Crippen LogP contribution in [0.3, 0.4) is 0 Å². The number of nitrogens with one attached hydrogen (secondary N) is 2. The van der Waals surface area contributed by atoms with Gasteiger partial charge in [0.15, 0.2) is 0 Å². The minimum absolute atomic E-state index is 0.0760. The summed E-state index contributed by atoms with van der Waals surface area (Å²) >= 11 is 0. The highest BCUT2D eigenvalue weighted by atomic mass is 16.2. The normalized spacial score (nSPS) is 23.9. The van der Waals surface area contributed by atoms with Crippen LogP contribution < -0.4 is 10.6 Å². The zero-order valence-corrected chi connectivity index (χ0v) is 13.9. The van der Waals surface area contributed by atoms with Crippen molar-refractivity contribution in [2.24, 2.45) is 5.92 Å². The molecule has 21 heavy (non-hydrogen) atoms. The number of hydrogen-bond donors (Lipinski definition) is 2. The van der Waals surface area contributed by atoms with E-state index in [-0.39, 0.29) is 11.9 Å². The van der Waals surface area contributed by atoms with Crippen LogP contribution in [0.2, 0.25) is 0 Å². The van der Waals surface area contributed by atoms with Crippen LogP contribution in [0.25, 0.3) is 0 Å². The van der Waals surface area contributed by atoms with Gasteiger partial charge in [-0.2, -0.15) is 0 Å². The molecule has 0 radical (unpaired) electrons. The fraction of sp³-hybridized carbons (Fsp3) is 0.941. The van der Waals surface area contributed by atoms with Crippen LogP contribution in [0.5, 0.6) is 0 Å². The number of hydrogen-bond acceptors (Lipinski definition) is 3. The lowest BCUT2D eigenvalue weighted by molar-refractivity contribution is -0.123. The van der Waals surface area contributed by atoms with E-state index in [0.29, 0.717) is 12.0 Å². The zero-order chi connectivity index (χ0) is 15.1. The fourth-order valence-electron chi connectivity index (χ4n) is 3.51. The van der Waals surface area contributed by atoms with Crippen molar-refractivity contribution in [3.63, 3.8) is 0 Å². The average Bonchev–Trinajstić information content (AvgIpc) is 2.98. The van der Waals surface area contributed by atoms with E-state index in [4.69, 9.17) is 0 Å². The number of carbonyl (C=O) groups is 1. The highest BCUT2D eigenvalue weighted by Crippen LogP contribution is 2.17. The Morgan fingerprint density at radius 2 is 1.76 bits per heavy atom. The van der Waals surface area contributed by atoms with Crippen molar-refractivity contribution < 1.29 is 4.79 Å². The largest absolute Gasteiger partial charge is 0.352 e. The van der Waals surface area contributed by atoms with E-state index in [1.807, 2.05) is 6.92 Å². The molecule has 0 aromatic heterocycles. The Labute approximate surface area is 130 Å². The molecule has 1 aliphatic carbocycles. The molecule has 1 aliphatic heterocycles. The molecule has 0 spiro atoms. The standard InChI is InChI=1S/C17H33N3O/c1-14(13-20-10-6-7-11-20)12-18-15(2)17(21)19-16-8-4-3-5-9-16/h14-16,18H,3-13H2,1-2H3,(H,19,21). The SMILES string of the molecule is CC(CNC(C)C(=O)NC1CCCCC1)CN1CCCC1. The van der Waals surface area contributed by atoms with Gasteiger partial charge in [-0.15, -0.1) is 0 Å². The Morgan fingerprint density at radius 1 is 1.10 bits per heavy atom. The number of rotatable bonds is 7. The molecule has 1 amide bonds. The number of carbonyl (C=O) groups excluding carboxylic acids is 1. The van der Waals surface area contributed by atoms with Crippen LogP contribution in [-0.2, 0) is 4.79 Å². The second-order valence-corrected chi connectivity index (χ2v) is 7.09. The Kier molecular flexibility index (Phi) is 6.97. The van der Waals surface area contributed by atoms with Crippen LogP contribution in [0.4, 0.5) is 0 Å². The average molecular weight is 295 g/mol. The minimum atomic E-state index is -0.0760. The van der Waals surface area contributed by atoms with E-state index >= 15 is 0 Å². The molecular formula is C17H33N3O. The summed E-state index contributed by atoms with van der Waals surface area (Å²) in [7, 11) is 0. The molecule has 1 heterocycles. The summed E-state index contributed by atoms with van der Waals surface area (Å²) in [5.74, 6) is 0.781. The maximum Gasteiger partial charge on any atom is 0.237 e. The summed E-state index contributed by atoms with van der Waals surface area (Å²) in [6.07, 6.45) is 8.86. The first-order valence-corrected chi connectivity index (χ1v) is 8.91. The molecule has 1 saturated heterocycles. The van der Waals surface area contributed by atoms with Crippen molar-refractivity contribution in [2.75, 3.05) is 26.2 Å². The summed E-state index contributed by atoms with van der Waals surface area (Å²) in [5.41, 5.74) is 0. The van der Waals surface area contributed by atoms with Gasteiger partial charge < -0.3 is 15.5 Å². The Bertz CT molecular complexity index is 309. The van der Waals surface area contributed by atoms with Crippen LogP contribution in [0.15, 0.2) is 0 Å². The predicted molar refractivity (Wildman–Crippen MR) is 87.3 cm³/mol. The highest BCUT2D eigenvalue weighted by Gasteiger charge is 2.20. The third-order valence-corrected chi connectivity index (χ3v) is 4.89. The van der Waals surface area contributed by atoms with Crippen LogP contribution in [0.1, 0.15) is 58.8 Å². The zero-order valence-electron chi connectivity index (χ0n) is 13.9. The van der Waals surface area contributed by atoms with Gasteiger partial charge >= 0.3 is 0 Å². The van der Waals surface area contributed by atoms with E-state index in [1.54, 1.807) is 0 Å². The highest BCUT2D eigenvalue weighted by molar-refractivity contribution is 5.81. The topological polar surface area (TPSA) is 44.4 Å². The Balaban J connectivity index is 1.60. The van der Waals surface area contributed by atoms with E-state index in [9.17, 15) is 4.79 Å². The van der Waals surface area contributed by atoms with Gasteiger partial charge in [-0.25, -0.2) is 0 Å². The van der Waals surface area contributed by atoms with Gasteiger partial charge in [0, 0.05) is 12.6 Å². The van der Waals surface area contributed by atoms with E-state index in [2.05, 4.69) is 22.5 Å². The second kappa shape index (κ2) is 8.74. The molecule has 122 valence electrons. The predicted octanol–water partition coefficient (Wildman–Crippen LogP) is 2.15. The maximum absolute atomic E-state index is 12.2. The van der Waals surface area contributed by atoms with E-state index in [0.717, 1.165) is 25.9 Å². The van der Waals surface area contributed by atoms with Gasteiger partial charge in [-0.05, 0) is 58.2 Å². The van der Waals surface area contributed by atoms with Crippen molar-refractivity contribution in [3.05, 3.63) is 0 Å². The quantitative estimate of drug-likeness (QED) is 0.756. The van der Waals surface area contributed by atoms with Gasteiger partial charge in [0.05, 0.1) is 6.04 Å². The lowest BCUT2D eigenvalue weighted by Crippen LogP contribution is -2.48. The number of nitrogens with zero attached hydrogens (tertiary/aromatic N) is 1. The van der Waals surface area contributed by atoms with Crippen LogP contribution in [0, 0.1) is 5.92 Å². The molecule has 0 aromatic rings. The van der Waals surface area contributed by atoms with Gasteiger partial charge in [0.25, 0.3) is 0 Å². The monoisotopic (exact) mass is 295 g/mol. The van der Waals surface area contributed by atoms with E-state index in [1.165, 1.54) is 45.2 Å². The van der Waals surface area contributed by atoms with Gasteiger partial charge in [0.1, 0.15) is 0 Å². The number of likely N-dealkylation sites (tertiary alicyclic amines) is 1. The van der Waals surface area contributed by atoms with Crippen molar-refractivity contribution in [3.8, 4) is 0 Å². The summed E-state index contributed by atoms with van der Waals surface area (Å²) in [4.78, 5) is 14.7. The summed E-state index contributed by atoms with van der Waals surface area (Å²) < 4.78 is 0. The molecule has 0 aromatic carbocycles. The summed E-state index contributed by atoms with van der Waals surface area (Å²) in [6.45, 7) is 8.85. The van der Waals surface area contributed by atoms with Gasteiger partial charge in [-0.3, -0.25) is 4.79 Å². The van der Waals surface area contributed by atoms with Crippen LogP contribution >= 0.6 is 0 Å².